The number of anilines is 1. The number of nitrogens with two attached hydrogens (primary N) is 1. The number of rotatable bonds is 4. The molecule has 0 atom stereocenters. The average molecular weight is 250 g/mol. The third-order valence-corrected chi connectivity index (χ3v) is 2.81. The highest BCUT2D eigenvalue weighted by atomic mass is 16.6. The Morgan fingerprint density at radius 3 is 2.72 bits per heavy atom. The van der Waals surface area contributed by atoms with Gasteiger partial charge in [0.05, 0.1) is 0 Å². The molecule has 0 radical (unpaired) electrons. The van der Waals surface area contributed by atoms with Gasteiger partial charge >= 0.3 is 0 Å². The van der Waals surface area contributed by atoms with Crippen molar-refractivity contribution in [3.05, 3.63) is 18.2 Å². The number of fused-ring (bicyclic) bond motifs is 1. The van der Waals surface area contributed by atoms with E-state index >= 15 is 0 Å². The van der Waals surface area contributed by atoms with Crippen molar-refractivity contribution in [3.8, 4) is 11.5 Å². The van der Waals surface area contributed by atoms with Crippen LogP contribution in [0, 0.1) is 0 Å². The van der Waals surface area contributed by atoms with Gasteiger partial charge < -0.3 is 20.1 Å². The van der Waals surface area contributed by atoms with Crippen LogP contribution in [0.5, 0.6) is 11.5 Å². The van der Waals surface area contributed by atoms with Crippen LogP contribution >= 0.6 is 0 Å². The first-order valence-electron chi connectivity index (χ1n) is 6.16. The minimum absolute atomic E-state index is 0.0247. The summed E-state index contributed by atoms with van der Waals surface area (Å²) in [6.45, 7) is 4.01. The van der Waals surface area contributed by atoms with Crippen molar-refractivity contribution in [2.24, 2.45) is 5.73 Å². The molecule has 5 nitrogen and oxygen atoms in total. The molecule has 1 aliphatic rings. The second-order valence-electron chi connectivity index (χ2n) is 4.00. The van der Waals surface area contributed by atoms with Crippen LogP contribution in [0.3, 0.4) is 0 Å². The zero-order chi connectivity index (χ0) is 13.0. The normalized spacial score (nSPS) is 13.2. The topological polar surface area (TPSA) is 64.8 Å². The molecular formula is C13H18N2O3. The van der Waals surface area contributed by atoms with Gasteiger partial charge in [0.25, 0.3) is 0 Å². The molecular weight excluding hydrogens is 232 g/mol. The summed E-state index contributed by atoms with van der Waals surface area (Å²) < 4.78 is 11.0. The van der Waals surface area contributed by atoms with Crippen molar-refractivity contribution >= 4 is 11.6 Å². The SMILES string of the molecule is CCN(C(=O)CCN)c1ccc2c(c1)OCCO2. The van der Waals surface area contributed by atoms with Crippen molar-refractivity contribution in [1.29, 1.82) is 0 Å². The van der Waals surface area contributed by atoms with Crippen LogP contribution in [-0.2, 0) is 4.79 Å². The highest BCUT2D eigenvalue weighted by Gasteiger charge is 2.17. The van der Waals surface area contributed by atoms with Gasteiger partial charge in [-0.15, -0.1) is 0 Å². The van der Waals surface area contributed by atoms with E-state index in [4.69, 9.17) is 15.2 Å². The van der Waals surface area contributed by atoms with Crippen molar-refractivity contribution in [3.63, 3.8) is 0 Å². The van der Waals surface area contributed by atoms with Gasteiger partial charge in [-0.25, -0.2) is 0 Å². The Morgan fingerprint density at radius 1 is 1.33 bits per heavy atom. The standard InChI is InChI=1S/C13H18N2O3/c1-2-15(13(16)5-6-14)10-3-4-11-12(9-10)18-8-7-17-11/h3-4,9H,2,5-8,14H2,1H3. The Morgan fingerprint density at radius 2 is 2.06 bits per heavy atom. The summed E-state index contributed by atoms with van der Waals surface area (Å²) in [4.78, 5) is 13.6. The fourth-order valence-electron chi connectivity index (χ4n) is 1.96. The number of benzene rings is 1. The van der Waals surface area contributed by atoms with E-state index in [1.165, 1.54) is 0 Å². The lowest BCUT2D eigenvalue weighted by Gasteiger charge is -2.24. The quantitative estimate of drug-likeness (QED) is 0.871. The molecule has 0 saturated heterocycles. The van der Waals surface area contributed by atoms with Gasteiger partial charge in [-0.2, -0.15) is 0 Å². The highest BCUT2D eigenvalue weighted by Crippen LogP contribution is 2.34. The fraction of sp³-hybridized carbons (Fsp3) is 0.462. The van der Waals surface area contributed by atoms with Crippen LogP contribution in [0.4, 0.5) is 5.69 Å². The molecule has 1 amide bonds. The predicted octanol–water partition coefficient (Wildman–Crippen LogP) is 1.16. The Balaban J connectivity index is 2.23. The second-order valence-corrected chi connectivity index (χ2v) is 4.00. The Kier molecular flexibility index (Phi) is 4.04. The molecule has 0 unspecified atom stereocenters. The molecule has 0 fully saturated rings. The number of hydrogen-bond donors (Lipinski definition) is 1. The van der Waals surface area contributed by atoms with Crippen molar-refractivity contribution in [2.45, 2.75) is 13.3 Å². The first-order valence-corrected chi connectivity index (χ1v) is 6.16. The lowest BCUT2D eigenvalue weighted by molar-refractivity contribution is -0.118. The molecule has 2 rings (SSSR count). The number of hydrogen-bond acceptors (Lipinski definition) is 4. The Bertz CT molecular complexity index is 434. The molecule has 5 heteroatoms. The van der Waals surface area contributed by atoms with E-state index < -0.39 is 0 Å². The zero-order valence-corrected chi connectivity index (χ0v) is 10.5. The van der Waals surface area contributed by atoms with Gasteiger partial charge in [0.15, 0.2) is 11.5 Å². The molecule has 98 valence electrons. The number of amides is 1. The molecule has 0 aromatic heterocycles. The van der Waals surface area contributed by atoms with Gasteiger partial charge in [0, 0.05) is 31.3 Å². The molecule has 1 aromatic carbocycles. The van der Waals surface area contributed by atoms with Crippen molar-refractivity contribution < 1.29 is 14.3 Å². The van der Waals surface area contributed by atoms with E-state index in [0.717, 1.165) is 11.4 Å². The van der Waals surface area contributed by atoms with Gasteiger partial charge in [-0.3, -0.25) is 4.79 Å². The molecule has 1 aromatic rings. The number of carbonyl (C=O) groups excluding carboxylic acids is 1. The number of ether oxygens (including phenoxy) is 2. The first kappa shape index (κ1) is 12.7. The highest BCUT2D eigenvalue weighted by molar-refractivity contribution is 5.93. The van der Waals surface area contributed by atoms with Crippen LogP contribution in [0.1, 0.15) is 13.3 Å². The van der Waals surface area contributed by atoms with Crippen molar-refractivity contribution in [2.75, 3.05) is 31.2 Å². The van der Waals surface area contributed by atoms with Crippen LogP contribution in [0.25, 0.3) is 0 Å². The van der Waals surface area contributed by atoms with Gasteiger partial charge in [0.2, 0.25) is 5.91 Å². The van der Waals surface area contributed by atoms with E-state index in [1.807, 2.05) is 25.1 Å². The smallest absolute Gasteiger partial charge is 0.228 e. The van der Waals surface area contributed by atoms with Crippen molar-refractivity contribution in [1.82, 2.24) is 0 Å². The number of carbonyl (C=O) groups is 1. The summed E-state index contributed by atoms with van der Waals surface area (Å²) in [7, 11) is 0. The monoisotopic (exact) mass is 250 g/mol. The van der Waals surface area contributed by atoms with Gasteiger partial charge in [0.1, 0.15) is 13.2 Å². The van der Waals surface area contributed by atoms with E-state index in [0.29, 0.717) is 38.5 Å². The second kappa shape index (κ2) is 5.73. The molecule has 1 aliphatic heterocycles. The molecule has 0 bridgehead atoms. The minimum Gasteiger partial charge on any atom is -0.486 e. The van der Waals surface area contributed by atoms with E-state index in [1.54, 1.807) is 4.90 Å². The van der Waals surface area contributed by atoms with E-state index in [9.17, 15) is 4.79 Å². The largest absolute Gasteiger partial charge is 0.486 e. The first-order chi connectivity index (χ1) is 8.76. The van der Waals surface area contributed by atoms with E-state index in [2.05, 4.69) is 0 Å². The summed E-state index contributed by atoms with van der Waals surface area (Å²) in [5.74, 6) is 1.45. The van der Waals surface area contributed by atoms with E-state index in [-0.39, 0.29) is 5.91 Å². The molecule has 2 N–H and O–H groups in total. The third kappa shape index (κ3) is 2.56. The summed E-state index contributed by atoms with van der Waals surface area (Å²) >= 11 is 0. The molecule has 0 spiro atoms. The van der Waals surface area contributed by atoms with Crippen LogP contribution in [-0.4, -0.2) is 32.2 Å². The van der Waals surface area contributed by atoms with Crippen LogP contribution in [0.2, 0.25) is 0 Å². The molecule has 1 heterocycles. The fourth-order valence-corrected chi connectivity index (χ4v) is 1.96. The summed E-state index contributed by atoms with van der Waals surface area (Å²) in [5.41, 5.74) is 6.24. The van der Waals surface area contributed by atoms with Gasteiger partial charge in [-0.1, -0.05) is 0 Å². The van der Waals surface area contributed by atoms with Crippen LogP contribution < -0.4 is 20.1 Å². The van der Waals surface area contributed by atoms with Crippen LogP contribution in [0.15, 0.2) is 18.2 Å². The third-order valence-electron chi connectivity index (χ3n) is 2.81. The predicted molar refractivity (Wildman–Crippen MR) is 69.1 cm³/mol. The molecule has 18 heavy (non-hydrogen) atoms. The lowest BCUT2D eigenvalue weighted by Crippen LogP contribution is -2.32. The summed E-state index contributed by atoms with van der Waals surface area (Å²) in [6, 6.07) is 5.54. The maximum atomic E-state index is 11.9. The molecule has 0 aliphatic carbocycles. The lowest BCUT2D eigenvalue weighted by atomic mass is 10.2. The zero-order valence-electron chi connectivity index (χ0n) is 10.5. The Labute approximate surface area is 106 Å². The minimum atomic E-state index is 0.0247. The summed E-state index contributed by atoms with van der Waals surface area (Å²) in [5, 5.41) is 0. The number of nitrogens with zero attached hydrogens (tertiary/aromatic N) is 1. The maximum absolute atomic E-state index is 11.9. The van der Waals surface area contributed by atoms with Gasteiger partial charge in [-0.05, 0) is 19.1 Å². The molecule has 0 saturated carbocycles. The Hall–Kier alpha value is -1.75. The average Bonchev–Trinajstić information content (AvgIpc) is 2.40. The summed E-state index contributed by atoms with van der Waals surface area (Å²) in [6.07, 6.45) is 0.349. The maximum Gasteiger partial charge on any atom is 0.228 e.